The van der Waals surface area contributed by atoms with Gasteiger partial charge in [-0.3, -0.25) is 19.6 Å². The molecule has 3 aliphatic heterocycles. The lowest BCUT2D eigenvalue weighted by atomic mass is 10.1. The number of allylic oxidation sites excluding steroid dienone is 6. The van der Waals surface area contributed by atoms with Gasteiger partial charge in [0.1, 0.15) is 5.76 Å². The van der Waals surface area contributed by atoms with E-state index in [0.29, 0.717) is 5.76 Å². The van der Waals surface area contributed by atoms with Gasteiger partial charge in [-0.05, 0) is 57.2 Å². The zero-order chi connectivity index (χ0) is 23.7. The average molecular weight is 457 g/mol. The summed E-state index contributed by atoms with van der Waals surface area (Å²) in [6.07, 6.45) is 16.1. The topological polar surface area (TPSA) is 52.8 Å². The molecule has 1 amide bonds. The molecule has 6 heteroatoms. The van der Waals surface area contributed by atoms with Gasteiger partial charge in [-0.25, -0.2) is 0 Å². The molecule has 0 saturated carbocycles. The van der Waals surface area contributed by atoms with Crippen molar-refractivity contribution in [1.82, 2.24) is 19.7 Å². The molecular formula is C28H32N4O2. The number of furan rings is 1. The molecule has 6 nitrogen and oxygen atoms in total. The molecule has 0 aliphatic carbocycles. The Hall–Kier alpha value is -3.38. The molecule has 0 spiro atoms. The second-order valence-corrected chi connectivity index (χ2v) is 9.21. The number of nitrogens with zero attached hydrogens (tertiary/aromatic N) is 4. The molecule has 3 aliphatic rings. The number of hydrogen-bond acceptors (Lipinski definition) is 5. The first-order valence-electron chi connectivity index (χ1n) is 12.2. The fourth-order valence-electron chi connectivity index (χ4n) is 4.79. The summed E-state index contributed by atoms with van der Waals surface area (Å²) in [5.74, 6) is 0.590. The summed E-state index contributed by atoms with van der Waals surface area (Å²) in [5.41, 5.74) is 5.27. The van der Waals surface area contributed by atoms with Gasteiger partial charge < -0.3 is 9.32 Å². The van der Waals surface area contributed by atoms with E-state index in [1.165, 1.54) is 19.4 Å². The van der Waals surface area contributed by atoms with Crippen LogP contribution in [-0.2, 0) is 4.79 Å². The number of pyridine rings is 1. The van der Waals surface area contributed by atoms with Gasteiger partial charge in [-0.2, -0.15) is 0 Å². The first-order valence-corrected chi connectivity index (χ1v) is 12.2. The zero-order valence-corrected chi connectivity index (χ0v) is 20.3. The van der Waals surface area contributed by atoms with Crippen molar-refractivity contribution in [1.29, 1.82) is 0 Å². The highest BCUT2D eigenvalue weighted by Crippen LogP contribution is 2.30. The zero-order valence-electron chi connectivity index (χ0n) is 20.3. The highest BCUT2D eigenvalue weighted by molar-refractivity contribution is 6.00. The number of aryl methyl sites for hydroxylation is 2. The van der Waals surface area contributed by atoms with E-state index < -0.39 is 0 Å². The number of carbonyl (C=O) groups is 1. The van der Waals surface area contributed by atoms with Gasteiger partial charge >= 0.3 is 0 Å². The number of rotatable bonds is 5. The monoisotopic (exact) mass is 456 g/mol. The Bertz CT molecular complexity index is 1250. The third-order valence-corrected chi connectivity index (χ3v) is 6.67. The third kappa shape index (κ3) is 4.50. The Kier molecular flexibility index (Phi) is 6.24. The van der Waals surface area contributed by atoms with E-state index in [0.717, 1.165) is 65.5 Å². The molecule has 34 heavy (non-hydrogen) atoms. The van der Waals surface area contributed by atoms with Gasteiger partial charge in [0.15, 0.2) is 5.58 Å². The minimum absolute atomic E-state index is 0.0829. The SMILES string of the molecule is CCCCN1CCN(C2=CN3C(=O)/C=C(c4cc5cc(C)nc(C)c5o4)\C=C\C=C3C=C2)CC1. The highest BCUT2D eigenvalue weighted by Gasteiger charge is 2.24. The fourth-order valence-corrected chi connectivity index (χ4v) is 4.79. The molecule has 2 aromatic heterocycles. The minimum Gasteiger partial charge on any atom is -0.454 e. The molecule has 2 aromatic rings. The molecule has 0 bridgehead atoms. The quantitative estimate of drug-likeness (QED) is 0.638. The van der Waals surface area contributed by atoms with Crippen LogP contribution in [0.2, 0.25) is 0 Å². The molecule has 0 radical (unpaired) electrons. The van der Waals surface area contributed by atoms with Crippen molar-refractivity contribution in [2.24, 2.45) is 0 Å². The first-order chi connectivity index (χ1) is 16.5. The van der Waals surface area contributed by atoms with Crippen molar-refractivity contribution in [3.8, 4) is 0 Å². The Morgan fingerprint density at radius 2 is 1.82 bits per heavy atom. The summed E-state index contributed by atoms with van der Waals surface area (Å²) >= 11 is 0. The second kappa shape index (κ2) is 9.47. The van der Waals surface area contributed by atoms with Crippen molar-refractivity contribution < 1.29 is 9.21 Å². The van der Waals surface area contributed by atoms with Crippen LogP contribution in [0.1, 0.15) is 36.9 Å². The van der Waals surface area contributed by atoms with E-state index in [1.807, 2.05) is 56.5 Å². The van der Waals surface area contributed by atoms with Crippen LogP contribution in [0.15, 0.2) is 70.6 Å². The van der Waals surface area contributed by atoms with Gasteiger partial charge in [-0.1, -0.05) is 25.5 Å². The number of piperazine rings is 1. The molecular weight excluding hydrogens is 424 g/mol. The number of hydrogen-bond donors (Lipinski definition) is 0. The van der Waals surface area contributed by atoms with Crippen molar-refractivity contribution in [3.63, 3.8) is 0 Å². The maximum Gasteiger partial charge on any atom is 0.255 e. The Balaban J connectivity index is 1.38. The molecule has 0 aromatic carbocycles. The summed E-state index contributed by atoms with van der Waals surface area (Å²) < 4.78 is 6.11. The molecule has 5 heterocycles. The minimum atomic E-state index is -0.0829. The lowest BCUT2D eigenvalue weighted by molar-refractivity contribution is -0.122. The smallest absolute Gasteiger partial charge is 0.255 e. The number of carbonyl (C=O) groups excluding carboxylic acids is 1. The molecule has 176 valence electrons. The van der Waals surface area contributed by atoms with Crippen molar-refractivity contribution in [2.75, 3.05) is 32.7 Å². The lowest BCUT2D eigenvalue weighted by Gasteiger charge is -2.38. The Morgan fingerprint density at radius 1 is 1.03 bits per heavy atom. The highest BCUT2D eigenvalue weighted by atomic mass is 16.3. The van der Waals surface area contributed by atoms with Crippen LogP contribution in [0.5, 0.6) is 0 Å². The van der Waals surface area contributed by atoms with E-state index in [9.17, 15) is 4.79 Å². The van der Waals surface area contributed by atoms with Gasteiger partial charge in [0.2, 0.25) is 0 Å². The number of amides is 1. The maximum atomic E-state index is 13.3. The number of fused-ring (bicyclic) bond motifs is 2. The van der Waals surface area contributed by atoms with E-state index in [4.69, 9.17) is 4.42 Å². The fraction of sp³-hybridized carbons (Fsp3) is 0.357. The Morgan fingerprint density at radius 3 is 2.62 bits per heavy atom. The van der Waals surface area contributed by atoms with Gasteiger partial charge in [0.05, 0.1) is 11.4 Å². The van der Waals surface area contributed by atoms with E-state index in [2.05, 4.69) is 27.8 Å². The van der Waals surface area contributed by atoms with E-state index in [-0.39, 0.29) is 5.91 Å². The summed E-state index contributed by atoms with van der Waals surface area (Å²) in [6.45, 7) is 11.4. The van der Waals surface area contributed by atoms with Crippen molar-refractivity contribution in [3.05, 3.63) is 83.3 Å². The lowest BCUT2D eigenvalue weighted by Crippen LogP contribution is -2.46. The van der Waals surface area contributed by atoms with Crippen molar-refractivity contribution in [2.45, 2.75) is 33.6 Å². The number of unbranched alkanes of at least 4 members (excludes halogenated alkanes) is 1. The third-order valence-electron chi connectivity index (χ3n) is 6.67. The number of aromatic nitrogens is 1. The molecule has 5 rings (SSSR count). The van der Waals surface area contributed by atoms with Crippen LogP contribution in [0.25, 0.3) is 16.5 Å². The first kappa shape index (κ1) is 22.4. The van der Waals surface area contributed by atoms with Crippen LogP contribution in [0, 0.1) is 13.8 Å². The molecule has 1 fully saturated rings. The van der Waals surface area contributed by atoms with Crippen LogP contribution < -0.4 is 0 Å². The predicted octanol–water partition coefficient (Wildman–Crippen LogP) is 4.94. The second-order valence-electron chi connectivity index (χ2n) is 9.21. The standard InChI is InChI=1S/C28H32N4O2/c1-4-5-11-30-12-14-31(15-13-30)25-10-9-24-8-6-7-22(18-27(33)32(24)19-25)26-17-23-16-20(2)29-21(3)28(23)34-26/h6-10,16-19H,4-5,11-15H2,1-3H3/b7-6+,22-18+,24-8?. The average Bonchev–Trinajstić information content (AvgIpc) is 3.25. The summed E-state index contributed by atoms with van der Waals surface area (Å²) in [7, 11) is 0. The van der Waals surface area contributed by atoms with Crippen molar-refractivity contribution >= 4 is 22.4 Å². The molecule has 1 saturated heterocycles. The van der Waals surface area contributed by atoms with E-state index >= 15 is 0 Å². The molecule has 0 N–H and O–H groups in total. The van der Waals surface area contributed by atoms with Gasteiger partial charge in [-0.15, -0.1) is 0 Å². The summed E-state index contributed by atoms with van der Waals surface area (Å²) in [6, 6.07) is 4.00. The van der Waals surface area contributed by atoms with Crippen LogP contribution in [0.4, 0.5) is 0 Å². The van der Waals surface area contributed by atoms with Gasteiger partial charge in [0, 0.05) is 60.8 Å². The molecule has 0 atom stereocenters. The van der Waals surface area contributed by atoms with Crippen LogP contribution in [-0.4, -0.2) is 58.3 Å². The van der Waals surface area contributed by atoms with Gasteiger partial charge in [0.25, 0.3) is 5.91 Å². The van der Waals surface area contributed by atoms with Crippen LogP contribution in [0.3, 0.4) is 0 Å². The van der Waals surface area contributed by atoms with E-state index in [1.54, 1.807) is 11.0 Å². The predicted molar refractivity (Wildman–Crippen MR) is 136 cm³/mol. The molecule has 0 unspecified atom stereocenters. The summed E-state index contributed by atoms with van der Waals surface area (Å²) in [4.78, 5) is 24.5. The summed E-state index contributed by atoms with van der Waals surface area (Å²) in [5, 5.41) is 1.00. The Labute approximate surface area is 201 Å². The maximum absolute atomic E-state index is 13.3. The normalized spacial score (nSPS) is 21.5. The van der Waals surface area contributed by atoms with Crippen LogP contribution >= 0.6 is 0 Å². The largest absolute Gasteiger partial charge is 0.454 e.